The van der Waals surface area contributed by atoms with Gasteiger partial charge < -0.3 is 14.8 Å². The first kappa shape index (κ1) is 22.5. The first-order valence-corrected chi connectivity index (χ1v) is 14.3. The fourth-order valence-corrected chi connectivity index (χ4v) is 7.24. The summed E-state index contributed by atoms with van der Waals surface area (Å²) in [5.41, 5.74) is 6.99. The van der Waals surface area contributed by atoms with E-state index in [2.05, 4.69) is 58.7 Å². The molecule has 0 saturated heterocycles. The van der Waals surface area contributed by atoms with Gasteiger partial charge in [-0.2, -0.15) is 0 Å². The number of nitrogens with zero attached hydrogens (tertiary/aromatic N) is 2. The Balaban J connectivity index is 1.50. The molecule has 178 valence electrons. The standard InChI is InChI=1S/C29H29N3OS2/c1-19-8-3-5-10-24(19)30-29(33)32-18-23-22-9-4-6-12-26(22)35-28(23)31-17-7-11-25(31)27(32)20-13-15-21(34-2)16-14-20/h3,5,7-8,10-11,13-17,27H,4,6,9,12,18H2,1-2H3,(H,30,33). The monoisotopic (exact) mass is 499 g/mol. The third kappa shape index (κ3) is 3.99. The van der Waals surface area contributed by atoms with E-state index < -0.39 is 0 Å². The molecule has 3 heterocycles. The van der Waals surface area contributed by atoms with Crippen LogP contribution in [0.1, 0.15) is 51.7 Å². The quantitative estimate of drug-likeness (QED) is 0.295. The van der Waals surface area contributed by atoms with Crippen molar-refractivity contribution in [3.63, 3.8) is 0 Å². The summed E-state index contributed by atoms with van der Waals surface area (Å²) >= 11 is 3.66. The number of rotatable bonds is 3. The van der Waals surface area contributed by atoms with Crippen molar-refractivity contribution >= 4 is 34.8 Å². The molecular formula is C29H29N3OS2. The highest BCUT2D eigenvalue weighted by molar-refractivity contribution is 7.98. The summed E-state index contributed by atoms with van der Waals surface area (Å²) in [6, 6.07) is 20.7. The summed E-state index contributed by atoms with van der Waals surface area (Å²) in [5, 5.41) is 4.52. The Kier molecular flexibility index (Phi) is 5.94. The number of para-hydroxylation sites is 1. The highest BCUT2D eigenvalue weighted by atomic mass is 32.2. The molecule has 1 aliphatic heterocycles. The first-order chi connectivity index (χ1) is 17.1. The van der Waals surface area contributed by atoms with Gasteiger partial charge in [0.1, 0.15) is 5.00 Å². The molecule has 6 heteroatoms. The van der Waals surface area contributed by atoms with Gasteiger partial charge in [0.15, 0.2) is 0 Å². The summed E-state index contributed by atoms with van der Waals surface area (Å²) in [7, 11) is 0. The Hall–Kier alpha value is -2.96. The van der Waals surface area contributed by atoms with Gasteiger partial charge in [-0.3, -0.25) is 0 Å². The van der Waals surface area contributed by atoms with Crippen LogP contribution < -0.4 is 5.32 Å². The van der Waals surface area contributed by atoms with Gasteiger partial charge in [0.25, 0.3) is 0 Å². The van der Waals surface area contributed by atoms with Crippen LogP contribution >= 0.6 is 23.1 Å². The summed E-state index contributed by atoms with van der Waals surface area (Å²) in [6.07, 6.45) is 9.00. The van der Waals surface area contributed by atoms with Gasteiger partial charge >= 0.3 is 6.03 Å². The molecule has 1 aliphatic carbocycles. The third-order valence-corrected chi connectivity index (χ3v) is 9.33. The topological polar surface area (TPSA) is 37.3 Å². The van der Waals surface area contributed by atoms with Crippen LogP contribution in [-0.2, 0) is 19.4 Å². The van der Waals surface area contributed by atoms with E-state index in [1.54, 1.807) is 11.8 Å². The number of nitrogens with one attached hydrogen (secondary N) is 1. The summed E-state index contributed by atoms with van der Waals surface area (Å²) in [5.74, 6) is 0. The molecule has 0 spiro atoms. The van der Waals surface area contributed by atoms with Crippen LogP contribution in [0.25, 0.3) is 5.00 Å². The molecule has 2 aliphatic rings. The van der Waals surface area contributed by atoms with E-state index in [0.29, 0.717) is 6.54 Å². The Morgan fingerprint density at radius 1 is 1.00 bits per heavy atom. The molecule has 2 aromatic heterocycles. The number of hydrogen-bond acceptors (Lipinski definition) is 3. The predicted octanol–water partition coefficient (Wildman–Crippen LogP) is 7.59. The van der Waals surface area contributed by atoms with Crippen LogP contribution in [0.15, 0.2) is 71.8 Å². The van der Waals surface area contributed by atoms with Crippen molar-refractivity contribution < 1.29 is 4.79 Å². The van der Waals surface area contributed by atoms with Crippen molar-refractivity contribution in [3.05, 3.63) is 99.7 Å². The maximum absolute atomic E-state index is 14.0. The fourth-order valence-electron chi connectivity index (χ4n) is 5.42. The van der Waals surface area contributed by atoms with E-state index in [9.17, 15) is 4.79 Å². The number of amides is 2. The number of aromatic nitrogens is 1. The van der Waals surface area contributed by atoms with Crippen molar-refractivity contribution in [1.82, 2.24) is 9.47 Å². The molecule has 1 atom stereocenters. The van der Waals surface area contributed by atoms with Gasteiger partial charge in [-0.25, -0.2) is 4.79 Å². The second kappa shape index (κ2) is 9.25. The number of thiophene rings is 1. The number of aryl methyl sites for hydroxylation is 2. The van der Waals surface area contributed by atoms with E-state index in [4.69, 9.17) is 0 Å². The third-order valence-electron chi connectivity index (χ3n) is 7.26. The molecule has 4 nitrogen and oxygen atoms in total. The zero-order valence-corrected chi connectivity index (χ0v) is 21.7. The van der Waals surface area contributed by atoms with Gasteiger partial charge in [0, 0.05) is 27.2 Å². The van der Waals surface area contributed by atoms with Crippen LogP contribution in [0, 0.1) is 6.92 Å². The lowest BCUT2D eigenvalue weighted by Gasteiger charge is -2.31. The SMILES string of the molecule is CSc1ccc(C2c3cccn3-c3sc4c(c3CN2C(=O)Nc2ccccc2C)CCCC4)cc1. The highest BCUT2D eigenvalue weighted by Crippen LogP contribution is 2.44. The molecular weight excluding hydrogens is 470 g/mol. The molecule has 1 N–H and O–H groups in total. The molecule has 1 unspecified atom stereocenters. The average Bonchev–Trinajstić information content (AvgIpc) is 3.47. The number of fused-ring (bicyclic) bond motifs is 5. The highest BCUT2D eigenvalue weighted by Gasteiger charge is 2.36. The second-order valence-electron chi connectivity index (χ2n) is 9.35. The molecule has 35 heavy (non-hydrogen) atoms. The minimum absolute atomic E-state index is 0.0606. The van der Waals surface area contributed by atoms with Crippen molar-refractivity contribution in [1.29, 1.82) is 0 Å². The molecule has 6 rings (SSSR count). The fraction of sp³-hybridized carbons (Fsp3) is 0.276. The number of carbonyl (C=O) groups is 1. The smallest absolute Gasteiger partial charge is 0.310 e. The number of thioether (sulfide) groups is 1. The Labute approximate surface area is 215 Å². The second-order valence-corrected chi connectivity index (χ2v) is 11.3. The van der Waals surface area contributed by atoms with Crippen molar-refractivity contribution in [2.24, 2.45) is 0 Å². The zero-order chi connectivity index (χ0) is 23.9. The molecule has 0 radical (unpaired) electrons. The molecule has 0 bridgehead atoms. The van der Waals surface area contributed by atoms with Crippen LogP contribution in [0.4, 0.5) is 10.5 Å². The predicted molar refractivity (Wildman–Crippen MR) is 146 cm³/mol. The van der Waals surface area contributed by atoms with Crippen molar-refractivity contribution in [3.8, 4) is 5.00 Å². The molecule has 4 aromatic rings. The number of urea groups is 1. The van der Waals surface area contributed by atoms with E-state index in [1.165, 1.54) is 38.7 Å². The Morgan fingerprint density at radius 3 is 2.60 bits per heavy atom. The van der Waals surface area contributed by atoms with Crippen molar-refractivity contribution in [2.45, 2.75) is 50.1 Å². The zero-order valence-electron chi connectivity index (χ0n) is 20.1. The lowest BCUT2D eigenvalue weighted by Crippen LogP contribution is -2.38. The lowest BCUT2D eigenvalue weighted by molar-refractivity contribution is 0.194. The number of hydrogen-bond donors (Lipinski definition) is 1. The minimum Gasteiger partial charge on any atom is -0.310 e. The molecule has 0 saturated carbocycles. The average molecular weight is 500 g/mol. The Morgan fingerprint density at radius 2 is 1.80 bits per heavy atom. The number of carbonyl (C=O) groups excluding carboxylic acids is 1. The van der Waals surface area contributed by atoms with Gasteiger partial charge in [-0.05, 0) is 85.9 Å². The maximum Gasteiger partial charge on any atom is 0.322 e. The van der Waals surface area contributed by atoms with Gasteiger partial charge in [0.2, 0.25) is 0 Å². The molecule has 2 amide bonds. The summed E-state index contributed by atoms with van der Waals surface area (Å²) in [6.45, 7) is 2.64. The van der Waals surface area contributed by atoms with Gasteiger partial charge in [0.05, 0.1) is 18.3 Å². The van der Waals surface area contributed by atoms with E-state index in [-0.39, 0.29) is 12.1 Å². The van der Waals surface area contributed by atoms with E-state index in [1.807, 2.05) is 47.4 Å². The van der Waals surface area contributed by atoms with E-state index in [0.717, 1.165) is 35.3 Å². The lowest BCUT2D eigenvalue weighted by atomic mass is 9.95. The minimum atomic E-state index is -0.177. The first-order valence-electron chi connectivity index (χ1n) is 12.2. The van der Waals surface area contributed by atoms with E-state index >= 15 is 0 Å². The van der Waals surface area contributed by atoms with Gasteiger partial charge in [-0.15, -0.1) is 23.1 Å². The molecule has 0 fully saturated rings. The van der Waals surface area contributed by atoms with Crippen LogP contribution in [-0.4, -0.2) is 21.8 Å². The van der Waals surface area contributed by atoms with Crippen molar-refractivity contribution in [2.75, 3.05) is 11.6 Å². The number of benzene rings is 2. The molecule has 2 aromatic carbocycles. The van der Waals surface area contributed by atoms with Crippen LogP contribution in [0.5, 0.6) is 0 Å². The maximum atomic E-state index is 14.0. The summed E-state index contributed by atoms with van der Waals surface area (Å²) < 4.78 is 2.34. The number of anilines is 1. The largest absolute Gasteiger partial charge is 0.322 e. The summed E-state index contributed by atoms with van der Waals surface area (Å²) in [4.78, 5) is 18.8. The van der Waals surface area contributed by atoms with Gasteiger partial charge in [-0.1, -0.05) is 30.3 Å². The van der Waals surface area contributed by atoms with Crippen LogP contribution in [0.3, 0.4) is 0 Å². The Bertz CT molecular complexity index is 1390. The van der Waals surface area contributed by atoms with Crippen LogP contribution in [0.2, 0.25) is 0 Å². The normalized spacial score (nSPS) is 16.7.